The first-order chi connectivity index (χ1) is 26.1. The first-order valence-electron chi connectivity index (χ1n) is 18.1. The summed E-state index contributed by atoms with van der Waals surface area (Å²) in [6.07, 6.45) is -15.7. The zero-order valence-corrected chi connectivity index (χ0v) is 32.5. The van der Waals surface area contributed by atoms with Crippen molar-refractivity contribution in [3.63, 3.8) is 0 Å². The maximum absolute atomic E-state index is 13.5. The van der Waals surface area contributed by atoms with Crippen molar-refractivity contribution in [1.29, 1.82) is 0 Å². The van der Waals surface area contributed by atoms with Gasteiger partial charge >= 0.3 is 5.97 Å². The lowest BCUT2D eigenvalue weighted by atomic mass is 9.97. The van der Waals surface area contributed by atoms with Crippen molar-refractivity contribution in [1.82, 2.24) is 5.32 Å². The summed E-state index contributed by atoms with van der Waals surface area (Å²) in [7, 11) is 6.77. The molecule has 55 heavy (non-hydrogen) atoms. The van der Waals surface area contributed by atoms with E-state index in [2.05, 4.69) is 5.32 Å². The highest BCUT2D eigenvalue weighted by atomic mass is 16.7. The molecular weight excluding hydrogens is 724 g/mol. The van der Waals surface area contributed by atoms with E-state index in [1.54, 1.807) is 52.0 Å². The zero-order valence-electron chi connectivity index (χ0n) is 32.5. The van der Waals surface area contributed by atoms with Crippen molar-refractivity contribution < 1.29 is 72.6 Å². The smallest absolute Gasteiger partial charge is 0.338 e. The Bertz CT molecular complexity index is 1530. The van der Waals surface area contributed by atoms with Gasteiger partial charge in [-0.2, -0.15) is 0 Å². The molecule has 2 fully saturated rings. The van der Waals surface area contributed by atoms with E-state index in [-0.39, 0.29) is 26.4 Å². The Kier molecular flexibility index (Phi) is 16.5. The van der Waals surface area contributed by atoms with E-state index < -0.39 is 85.5 Å². The Balaban J connectivity index is 1.41. The molecule has 0 aromatic heterocycles. The molecule has 17 nitrogen and oxygen atoms in total. The number of aliphatic hydroxyl groups is 4. The fourth-order valence-corrected chi connectivity index (χ4v) is 6.04. The topological polar surface area (TPSA) is 213 Å². The largest absolute Gasteiger partial charge is 0.493 e. The monoisotopic (exact) mass is 780 g/mol. The average molecular weight is 781 g/mol. The van der Waals surface area contributed by atoms with Crippen LogP contribution >= 0.6 is 0 Å². The highest BCUT2D eigenvalue weighted by molar-refractivity contribution is 5.81. The molecule has 2 heterocycles. The normalized spacial score (nSPS) is 28.2. The van der Waals surface area contributed by atoms with Crippen molar-refractivity contribution in [2.75, 3.05) is 46.4 Å². The molecule has 2 unspecified atom stereocenters. The third kappa shape index (κ3) is 11.7. The van der Waals surface area contributed by atoms with Crippen molar-refractivity contribution in [3.8, 4) is 11.5 Å². The standard InChI is InChI=1S/C38H56N2O15/c1-20(2)52-32-28(42)29(43)37(54-33(32)35(45)39-18-22-12-13-25(47-7)26(17-22)48-8)50-15-14-49-31-27(41)30(44)38(53-21(3)4)55-34(31)36(46)51-19-23-10-9-11-24(16-23)40(5)6/h9-13,16-17,20-21,27-34,37-38,41-44H,14-15,18-19H2,1-8H3,(H,39,45)/t27-,28-,29+,30+,31+,32+,33?,34?,37-,38-/m1/s1. The van der Waals surface area contributed by atoms with Crippen LogP contribution in [0.3, 0.4) is 0 Å². The van der Waals surface area contributed by atoms with E-state index in [9.17, 15) is 30.0 Å². The Morgan fingerprint density at radius 3 is 2.04 bits per heavy atom. The van der Waals surface area contributed by atoms with Crippen LogP contribution in [0.5, 0.6) is 11.5 Å². The van der Waals surface area contributed by atoms with Crippen LogP contribution in [0.4, 0.5) is 5.69 Å². The molecule has 0 bridgehead atoms. The van der Waals surface area contributed by atoms with Crippen LogP contribution in [0.25, 0.3) is 0 Å². The summed E-state index contributed by atoms with van der Waals surface area (Å²) in [6, 6.07) is 12.5. The fraction of sp³-hybridized carbons (Fsp3) is 0.632. The number of rotatable bonds is 18. The fourth-order valence-electron chi connectivity index (χ4n) is 6.04. The number of esters is 1. The Hall–Kier alpha value is -3.62. The summed E-state index contributed by atoms with van der Waals surface area (Å²) in [5.74, 6) is -0.515. The summed E-state index contributed by atoms with van der Waals surface area (Å²) in [4.78, 5) is 28.8. The van der Waals surface area contributed by atoms with E-state index in [4.69, 9.17) is 42.6 Å². The third-order valence-electron chi connectivity index (χ3n) is 8.81. The minimum atomic E-state index is -1.64. The SMILES string of the molecule is COc1ccc(CNC(=O)C2O[C@@H](OCCO[C@@H]3C(C(=O)OCc4cccc(N(C)C)c4)O[C@@H](OC(C)C)[C@@H](O)[C@H]3O)[C@@H](O)[C@@H](O)[C@@H]2OC(C)C)cc1OC. The summed E-state index contributed by atoms with van der Waals surface area (Å²) in [5, 5.41) is 46.6. The molecule has 0 aliphatic carbocycles. The molecule has 2 aliphatic heterocycles. The van der Waals surface area contributed by atoms with Crippen LogP contribution < -0.4 is 19.7 Å². The second kappa shape index (κ2) is 20.5. The first kappa shape index (κ1) is 44.1. The molecule has 2 aromatic carbocycles. The summed E-state index contributed by atoms with van der Waals surface area (Å²) >= 11 is 0. The van der Waals surface area contributed by atoms with Crippen LogP contribution in [0, 0.1) is 0 Å². The molecule has 10 atom stereocenters. The molecule has 17 heteroatoms. The average Bonchev–Trinajstić information content (AvgIpc) is 3.16. The number of hydrogen-bond acceptors (Lipinski definition) is 16. The van der Waals surface area contributed by atoms with Crippen LogP contribution in [-0.4, -0.2) is 147 Å². The van der Waals surface area contributed by atoms with E-state index in [1.807, 2.05) is 37.2 Å². The lowest BCUT2D eigenvalue weighted by molar-refractivity contribution is -0.315. The molecule has 2 saturated heterocycles. The number of anilines is 1. The summed E-state index contributed by atoms with van der Waals surface area (Å²) < 4.78 is 50.8. The van der Waals surface area contributed by atoms with Gasteiger partial charge in [0.05, 0.1) is 39.6 Å². The van der Waals surface area contributed by atoms with Crippen molar-refractivity contribution in [2.24, 2.45) is 0 Å². The van der Waals surface area contributed by atoms with E-state index >= 15 is 0 Å². The quantitative estimate of drug-likeness (QED) is 0.104. The number of carbonyl (C=O) groups is 2. The molecule has 0 spiro atoms. The minimum absolute atomic E-state index is 0.0677. The van der Waals surface area contributed by atoms with Crippen LogP contribution in [0.1, 0.15) is 38.8 Å². The maximum Gasteiger partial charge on any atom is 0.338 e. The second-order valence-corrected chi connectivity index (χ2v) is 13.9. The number of ether oxygens (including phenoxy) is 9. The maximum atomic E-state index is 13.5. The van der Waals surface area contributed by atoms with Gasteiger partial charge in [-0.15, -0.1) is 0 Å². The lowest BCUT2D eigenvalue weighted by Crippen LogP contribution is -2.63. The van der Waals surface area contributed by atoms with Gasteiger partial charge in [-0.25, -0.2) is 4.79 Å². The van der Waals surface area contributed by atoms with Gasteiger partial charge < -0.3 is 73.3 Å². The predicted octanol–water partition coefficient (Wildman–Crippen LogP) is 0.643. The number of nitrogens with zero attached hydrogens (tertiary/aromatic N) is 1. The van der Waals surface area contributed by atoms with Gasteiger partial charge in [-0.3, -0.25) is 4.79 Å². The number of aliphatic hydroxyl groups excluding tert-OH is 4. The molecule has 1 amide bonds. The highest BCUT2D eigenvalue weighted by Crippen LogP contribution is 2.30. The van der Waals surface area contributed by atoms with E-state index in [0.29, 0.717) is 22.6 Å². The molecule has 4 rings (SSSR count). The van der Waals surface area contributed by atoms with Crippen LogP contribution in [0.15, 0.2) is 42.5 Å². The van der Waals surface area contributed by atoms with Crippen LogP contribution in [-0.2, 0) is 55.9 Å². The van der Waals surface area contributed by atoms with Gasteiger partial charge in [0.15, 0.2) is 36.3 Å². The Morgan fingerprint density at radius 1 is 0.745 bits per heavy atom. The second-order valence-electron chi connectivity index (χ2n) is 13.9. The van der Waals surface area contributed by atoms with Crippen molar-refractivity contribution >= 4 is 17.6 Å². The molecule has 0 saturated carbocycles. The summed E-state index contributed by atoms with van der Waals surface area (Å²) in [5.41, 5.74) is 2.30. The van der Waals surface area contributed by atoms with Crippen molar-refractivity contribution in [3.05, 3.63) is 53.6 Å². The molecule has 2 aliphatic rings. The van der Waals surface area contributed by atoms with Gasteiger partial charge in [-0.05, 0) is 63.1 Å². The number of amides is 1. The van der Waals surface area contributed by atoms with Gasteiger partial charge in [0.2, 0.25) is 0 Å². The minimum Gasteiger partial charge on any atom is -0.493 e. The Labute approximate surface area is 321 Å². The van der Waals surface area contributed by atoms with Gasteiger partial charge in [0.1, 0.15) is 43.2 Å². The molecule has 0 radical (unpaired) electrons. The highest BCUT2D eigenvalue weighted by Gasteiger charge is 2.51. The predicted molar refractivity (Wildman–Crippen MR) is 195 cm³/mol. The number of methoxy groups -OCH3 is 2. The molecular formula is C38H56N2O15. The zero-order chi connectivity index (χ0) is 40.4. The molecule has 5 N–H and O–H groups in total. The summed E-state index contributed by atoms with van der Waals surface area (Å²) in [6.45, 7) is 6.17. The number of benzene rings is 2. The lowest BCUT2D eigenvalue weighted by Gasteiger charge is -2.42. The van der Waals surface area contributed by atoms with Gasteiger partial charge in [-0.1, -0.05) is 18.2 Å². The van der Waals surface area contributed by atoms with Crippen LogP contribution in [0.2, 0.25) is 0 Å². The van der Waals surface area contributed by atoms with Gasteiger partial charge in [0.25, 0.3) is 5.91 Å². The molecule has 308 valence electrons. The number of nitrogens with one attached hydrogen (secondary N) is 1. The van der Waals surface area contributed by atoms with Gasteiger partial charge in [0, 0.05) is 26.3 Å². The number of carbonyl (C=O) groups excluding carboxylic acids is 2. The molecule has 2 aromatic rings. The van der Waals surface area contributed by atoms with E-state index in [0.717, 1.165) is 5.69 Å². The number of hydrogen-bond donors (Lipinski definition) is 5. The first-order valence-corrected chi connectivity index (χ1v) is 18.1. The Morgan fingerprint density at radius 2 is 1.38 bits per heavy atom. The third-order valence-corrected chi connectivity index (χ3v) is 8.81. The van der Waals surface area contributed by atoms with Crippen molar-refractivity contribution in [2.45, 2.75) is 114 Å². The van der Waals surface area contributed by atoms with E-state index in [1.165, 1.54) is 14.2 Å².